The van der Waals surface area contributed by atoms with E-state index in [1.807, 2.05) is 0 Å². The van der Waals surface area contributed by atoms with E-state index in [-0.39, 0.29) is 11.4 Å². The Kier molecular flexibility index (Phi) is 3.29. The monoisotopic (exact) mass is 319 g/mol. The molecule has 1 aliphatic rings. The number of anilines is 1. The van der Waals surface area contributed by atoms with Crippen molar-refractivity contribution < 1.29 is 26.5 Å². The van der Waals surface area contributed by atoms with Crippen molar-refractivity contribution in [2.45, 2.75) is 11.4 Å². The van der Waals surface area contributed by atoms with E-state index in [1.54, 1.807) is 18.2 Å². The van der Waals surface area contributed by atoms with Crippen LogP contribution in [0, 0.1) is 29.1 Å². The van der Waals surface area contributed by atoms with E-state index in [9.17, 15) is 26.5 Å². The molecule has 1 aliphatic heterocycles. The lowest BCUT2D eigenvalue weighted by atomic mass is 10.2. The van der Waals surface area contributed by atoms with E-state index in [0.717, 1.165) is 0 Å². The third-order valence-electron chi connectivity index (χ3n) is 3.11. The first-order valence-corrected chi connectivity index (χ1v) is 6.83. The number of fused-ring (bicyclic) bond motifs is 1. The Bertz CT molecular complexity index is 710. The van der Waals surface area contributed by atoms with Gasteiger partial charge in [0, 0.05) is 5.56 Å². The fourth-order valence-corrected chi connectivity index (χ4v) is 3.48. The molecule has 8 heteroatoms. The van der Waals surface area contributed by atoms with Gasteiger partial charge in [0.05, 0.1) is 6.54 Å². The predicted molar refractivity (Wildman–Crippen MR) is 65.3 cm³/mol. The SMILES string of the molecule is [O-][S+]1c2ccccc2CN1c1c(F)c(F)c(F)c(F)c1F. The average Bonchev–Trinajstić information content (AvgIpc) is 2.81. The van der Waals surface area contributed by atoms with E-state index in [1.165, 1.54) is 6.07 Å². The average molecular weight is 319 g/mol. The minimum Gasteiger partial charge on any atom is -0.588 e. The Morgan fingerprint density at radius 3 is 1.95 bits per heavy atom. The van der Waals surface area contributed by atoms with Crippen LogP contribution in [-0.4, -0.2) is 4.55 Å². The molecule has 0 saturated heterocycles. The van der Waals surface area contributed by atoms with Crippen LogP contribution in [0.15, 0.2) is 29.2 Å². The highest BCUT2D eigenvalue weighted by atomic mass is 32.2. The van der Waals surface area contributed by atoms with E-state index >= 15 is 0 Å². The van der Waals surface area contributed by atoms with Crippen LogP contribution in [0.2, 0.25) is 0 Å². The molecule has 1 heterocycles. The number of halogens is 5. The standard InChI is InChI=1S/C13H6F5NOS/c14-8-9(15)11(17)13(12(18)10(8)16)19-5-6-3-1-2-4-7(6)21(19)20/h1-4H,5H2. The van der Waals surface area contributed by atoms with Crippen LogP contribution >= 0.6 is 0 Å². The zero-order chi connectivity index (χ0) is 15.3. The molecule has 21 heavy (non-hydrogen) atoms. The van der Waals surface area contributed by atoms with Crippen LogP contribution < -0.4 is 4.31 Å². The maximum atomic E-state index is 13.8. The molecule has 0 amide bonds. The van der Waals surface area contributed by atoms with Crippen molar-refractivity contribution in [2.75, 3.05) is 4.31 Å². The molecule has 0 radical (unpaired) electrons. The summed E-state index contributed by atoms with van der Waals surface area (Å²) in [7, 11) is 0. The summed E-state index contributed by atoms with van der Waals surface area (Å²) in [4.78, 5) is 0.279. The predicted octanol–water partition coefficient (Wildman–Crippen LogP) is 3.42. The maximum Gasteiger partial charge on any atom is 0.200 e. The molecule has 2 nitrogen and oxygen atoms in total. The Morgan fingerprint density at radius 2 is 1.38 bits per heavy atom. The topological polar surface area (TPSA) is 26.3 Å². The van der Waals surface area contributed by atoms with Crippen molar-refractivity contribution in [2.24, 2.45) is 0 Å². The van der Waals surface area contributed by atoms with Gasteiger partial charge < -0.3 is 4.55 Å². The van der Waals surface area contributed by atoms with Crippen molar-refractivity contribution >= 4 is 17.0 Å². The van der Waals surface area contributed by atoms with Crippen LogP contribution in [-0.2, 0) is 17.9 Å². The number of hydrogen-bond acceptors (Lipinski definition) is 2. The number of hydrogen-bond donors (Lipinski definition) is 0. The molecule has 1 unspecified atom stereocenters. The fraction of sp³-hybridized carbons (Fsp3) is 0.0769. The number of rotatable bonds is 1. The summed E-state index contributed by atoms with van der Waals surface area (Å²) in [5, 5.41) is 0. The van der Waals surface area contributed by atoms with Gasteiger partial charge in [-0.3, -0.25) is 0 Å². The molecule has 0 N–H and O–H groups in total. The Labute approximate surface area is 119 Å². The molecule has 0 bridgehead atoms. The smallest absolute Gasteiger partial charge is 0.200 e. The first-order chi connectivity index (χ1) is 9.93. The lowest BCUT2D eigenvalue weighted by molar-refractivity contribution is 0.380. The highest BCUT2D eigenvalue weighted by Crippen LogP contribution is 2.39. The summed E-state index contributed by atoms with van der Waals surface area (Å²) in [6.45, 7) is -0.207. The zero-order valence-corrected chi connectivity index (χ0v) is 11.0. The molecule has 0 aliphatic carbocycles. The normalized spacial score (nSPS) is 17.2. The van der Waals surface area contributed by atoms with Gasteiger partial charge in [-0.2, -0.15) is 4.31 Å². The molecule has 0 saturated carbocycles. The summed E-state index contributed by atoms with van der Waals surface area (Å²) >= 11 is -2.03. The summed E-state index contributed by atoms with van der Waals surface area (Å²) in [6, 6.07) is 6.23. The Balaban J connectivity index is 2.16. The Morgan fingerprint density at radius 1 is 0.857 bits per heavy atom. The van der Waals surface area contributed by atoms with Crippen LogP contribution in [0.5, 0.6) is 0 Å². The fourth-order valence-electron chi connectivity index (χ4n) is 2.11. The van der Waals surface area contributed by atoms with E-state index in [4.69, 9.17) is 0 Å². The second-order valence-corrected chi connectivity index (χ2v) is 5.69. The molecule has 2 aromatic carbocycles. The quantitative estimate of drug-likeness (QED) is 0.348. The van der Waals surface area contributed by atoms with Gasteiger partial charge in [-0.25, -0.2) is 22.0 Å². The Hall–Kier alpha value is -1.80. The molecular formula is C13H6F5NOS. The maximum absolute atomic E-state index is 13.8. The lowest BCUT2D eigenvalue weighted by Gasteiger charge is -2.20. The van der Waals surface area contributed by atoms with Gasteiger partial charge in [0.15, 0.2) is 33.9 Å². The van der Waals surface area contributed by atoms with Gasteiger partial charge in [0.2, 0.25) is 5.82 Å². The van der Waals surface area contributed by atoms with Gasteiger partial charge >= 0.3 is 0 Å². The molecular weight excluding hydrogens is 313 g/mol. The third-order valence-corrected chi connectivity index (χ3v) is 4.60. The summed E-state index contributed by atoms with van der Waals surface area (Å²) in [6.07, 6.45) is 0. The second kappa shape index (κ2) is 4.88. The van der Waals surface area contributed by atoms with Crippen LogP contribution in [0.25, 0.3) is 0 Å². The molecule has 2 aromatic rings. The van der Waals surface area contributed by atoms with E-state index < -0.39 is 46.1 Å². The van der Waals surface area contributed by atoms with Gasteiger partial charge in [-0.15, -0.1) is 0 Å². The minimum absolute atomic E-state index is 0.207. The molecule has 3 rings (SSSR count). The highest BCUT2D eigenvalue weighted by Gasteiger charge is 2.40. The van der Waals surface area contributed by atoms with Gasteiger partial charge in [0.25, 0.3) is 0 Å². The molecule has 110 valence electrons. The van der Waals surface area contributed by atoms with Crippen molar-refractivity contribution in [3.63, 3.8) is 0 Å². The van der Waals surface area contributed by atoms with Gasteiger partial charge in [0.1, 0.15) is 11.4 Å². The minimum atomic E-state index is -2.24. The zero-order valence-electron chi connectivity index (χ0n) is 10.2. The third kappa shape index (κ3) is 1.97. The van der Waals surface area contributed by atoms with Crippen LogP contribution in [0.3, 0.4) is 0 Å². The van der Waals surface area contributed by atoms with Crippen molar-refractivity contribution in [1.29, 1.82) is 0 Å². The van der Waals surface area contributed by atoms with Crippen LogP contribution in [0.4, 0.5) is 27.6 Å². The van der Waals surface area contributed by atoms with Gasteiger partial charge in [-0.1, -0.05) is 18.2 Å². The van der Waals surface area contributed by atoms with Crippen LogP contribution in [0.1, 0.15) is 5.56 Å². The first-order valence-electron chi connectivity index (χ1n) is 5.72. The van der Waals surface area contributed by atoms with E-state index in [0.29, 0.717) is 9.87 Å². The van der Waals surface area contributed by atoms with Crippen molar-refractivity contribution in [1.82, 2.24) is 0 Å². The number of benzene rings is 2. The molecule has 0 spiro atoms. The van der Waals surface area contributed by atoms with Gasteiger partial charge in [-0.05, 0) is 6.07 Å². The summed E-state index contributed by atoms with van der Waals surface area (Å²) in [5.41, 5.74) is -0.680. The summed E-state index contributed by atoms with van der Waals surface area (Å²) in [5.74, 6) is -10.3. The largest absolute Gasteiger partial charge is 0.588 e. The van der Waals surface area contributed by atoms with Crippen molar-refractivity contribution in [3.05, 3.63) is 58.9 Å². The first kappa shape index (κ1) is 14.2. The molecule has 1 atom stereocenters. The lowest BCUT2D eigenvalue weighted by Crippen LogP contribution is -2.27. The highest BCUT2D eigenvalue weighted by molar-refractivity contribution is 7.93. The summed E-state index contributed by atoms with van der Waals surface area (Å²) < 4.78 is 79.8. The second-order valence-electron chi connectivity index (χ2n) is 4.31. The molecule has 0 aromatic heterocycles. The van der Waals surface area contributed by atoms with E-state index in [2.05, 4.69) is 0 Å². The van der Waals surface area contributed by atoms with Crippen molar-refractivity contribution in [3.8, 4) is 0 Å². The number of nitrogens with zero attached hydrogens (tertiary/aromatic N) is 1. The molecule has 0 fully saturated rings.